The lowest BCUT2D eigenvalue weighted by atomic mass is 10.1. The molecule has 2 N–H and O–H groups in total. The fourth-order valence-electron chi connectivity index (χ4n) is 1.34. The number of hydrogen-bond acceptors (Lipinski definition) is 1. The van der Waals surface area contributed by atoms with E-state index in [0.717, 1.165) is 12.0 Å². The van der Waals surface area contributed by atoms with Gasteiger partial charge in [-0.2, -0.15) is 0 Å². The first-order valence-electron chi connectivity index (χ1n) is 3.78. The second-order valence-electron chi connectivity index (χ2n) is 3.06. The van der Waals surface area contributed by atoms with Crippen molar-refractivity contribution in [3.8, 4) is 0 Å². The molecule has 0 spiro atoms. The Kier molecular flexibility index (Phi) is 1.43. The molecule has 0 radical (unpaired) electrons. The summed E-state index contributed by atoms with van der Waals surface area (Å²) in [5.74, 6) is 0.243. The molecule has 0 amide bonds. The SMILES string of the molecule is NC1CC1c1cccc(F)c1. The summed E-state index contributed by atoms with van der Waals surface area (Å²) < 4.78 is 12.6. The van der Waals surface area contributed by atoms with Crippen molar-refractivity contribution in [2.75, 3.05) is 0 Å². The van der Waals surface area contributed by atoms with E-state index in [2.05, 4.69) is 0 Å². The van der Waals surface area contributed by atoms with Crippen LogP contribution >= 0.6 is 0 Å². The largest absolute Gasteiger partial charge is 0.327 e. The highest BCUT2D eigenvalue weighted by molar-refractivity contribution is 5.27. The molecule has 2 atom stereocenters. The second kappa shape index (κ2) is 2.31. The predicted octanol–water partition coefficient (Wildman–Crippen LogP) is 1.64. The van der Waals surface area contributed by atoms with Crippen LogP contribution < -0.4 is 5.73 Å². The van der Waals surface area contributed by atoms with Gasteiger partial charge in [0.15, 0.2) is 0 Å². The molecule has 2 rings (SSSR count). The predicted molar refractivity (Wildman–Crippen MR) is 41.7 cm³/mol. The molecular formula is C9H10FN. The van der Waals surface area contributed by atoms with Gasteiger partial charge in [-0.3, -0.25) is 0 Å². The molecule has 2 heteroatoms. The molecule has 1 saturated carbocycles. The van der Waals surface area contributed by atoms with Crippen molar-refractivity contribution < 1.29 is 4.39 Å². The van der Waals surface area contributed by atoms with Crippen LogP contribution in [0.2, 0.25) is 0 Å². The van der Waals surface area contributed by atoms with Crippen LogP contribution in [0.1, 0.15) is 17.9 Å². The second-order valence-corrected chi connectivity index (χ2v) is 3.06. The van der Waals surface area contributed by atoms with Crippen LogP contribution in [-0.2, 0) is 0 Å². The van der Waals surface area contributed by atoms with E-state index in [4.69, 9.17) is 5.73 Å². The van der Waals surface area contributed by atoms with Crippen LogP contribution in [-0.4, -0.2) is 6.04 Å². The van der Waals surface area contributed by atoms with Crippen LogP contribution in [0.4, 0.5) is 4.39 Å². The first-order chi connectivity index (χ1) is 5.27. The summed E-state index contributed by atoms with van der Waals surface area (Å²) in [4.78, 5) is 0. The molecule has 1 aromatic rings. The highest BCUT2D eigenvalue weighted by atomic mass is 19.1. The lowest BCUT2D eigenvalue weighted by molar-refractivity contribution is 0.625. The van der Waals surface area contributed by atoms with Gasteiger partial charge in [-0.1, -0.05) is 12.1 Å². The van der Waals surface area contributed by atoms with E-state index >= 15 is 0 Å². The maximum atomic E-state index is 12.6. The fraction of sp³-hybridized carbons (Fsp3) is 0.333. The van der Waals surface area contributed by atoms with Gasteiger partial charge >= 0.3 is 0 Å². The molecular weight excluding hydrogens is 141 g/mol. The molecule has 0 aromatic heterocycles. The van der Waals surface area contributed by atoms with Crippen LogP contribution in [0.5, 0.6) is 0 Å². The maximum absolute atomic E-state index is 12.6. The fourth-order valence-corrected chi connectivity index (χ4v) is 1.34. The topological polar surface area (TPSA) is 26.0 Å². The van der Waals surface area contributed by atoms with E-state index in [-0.39, 0.29) is 11.9 Å². The first kappa shape index (κ1) is 6.80. The van der Waals surface area contributed by atoms with Crippen molar-refractivity contribution in [3.63, 3.8) is 0 Å². The first-order valence-corrected chi connectivity index (χ1v) is 3.78. The van der Waals surface area contributed by atoms with Gasteiger partial charge in [0.2, 0.25) is 0 Å². The average Bonchev–Trinajstić information content (AvgIpc) is 2.67. The zero-order valence-electron chi connectivity index (χ0n) is 6.13. The summed E-state index contributed by atoms with van der Waals surface area (Å²) in [7, 11) is 0. The third-order valence-corrected chi connectivity index (χ3v) is 2.12. The van der Waals surface area contributed by atoms with Crippen molar-refractivity contribution in [1.82, 2.24) is 0 Å². The molecule has 2 unspecified atom stereocenters. The van der Waals surface area contributed by atoms with Gasteiger partial charge in [0.1, 0.15) is 5.82 Å². The molecule has 1 aromatic carbocycles. The van der Waals surface area contributed by atoms with Crippen LogP contribution in [0.25, 0.3) is 0 Å². The quantitative estimate of drug-likeness (QED) is 0.648. The minimum absolute atomic E-state index is 0.165. The Morgan fingerprint density at radius 1 is 1.45 bits per heavy atom. The van der Waals surface area contributed by atoms with E-state index in [1.165, 1.54) is 6.07 Å². The molecule has 1 nitrogen and oxygen atoms in total. The van der Waals surface area contributed by atoms with Crippen molar-refractivity contribution in [2.45, 2.75) is 18.4 Å². The molecule has 1 aliphatic carbocycles. The monoisotopic (exact) mass is 151 g/mol. The Bertz CT molecular complexity index is 272. The standard InChI is InChI=1S/C9H10FN/c10-7-3-1-2-6(4-7)8-5-9(8)11/h1-4,8-9H,5,11H2. The molecule has 58 valence electrons. The van der Waals surface area contributed by atoms with Gasteiger partial charge in [-0.25, -0.2) is 4.39 Å². The summed E-state index contributed by atoms with van der Waals surface area (Å²) in [6.45, 7) is 0. The lowest BCUT2D eigenvalue weighted by Gasteiger charge is -1.96. The molecule has 0 aliphatic heterocycles. The number of nitrogens with two attached hydrogens (primary N) is 1. The van der Waals surface area contributed by atoms with Gasteiger partial charge in [0.05, 0.1) is 0 Å². The molecule has 0 saturated heterocycles. The Morgan fingerprint density at radius 3 is 2.73 bits per heavy atom. The Labute approximate surface area is 65.0 Å². The average molecular weight is 151 g/mol. The van der Waals surface area contributed by atoms with Crippen LogP contribution in [0.3, 0.4) is 0 Å². The van der Waals surface area contributed by atoms with Gasteiger partial charge in [0.25, 0.3) is 0 Å². The van der Waals surface area contributed by atoms with E-state index in [0.29, 0.717) is 5.92 Å². The number of halogens is 1. The van der Waals surface area contributed by atoms with Crippen molar-refractivity contribution in [2.24, 2.45) is 5.73 Å². The minimum Gasteiger partial charge on any atom is -0.327 e. The molecule has 11 heavy (non-hydrogen) atoms. The van der Waals surface area contributed by atoms with Crippen molar-refractivity contribution >= 4 is 0 Å². The van der Waals surface area contributed by atoms with Gasteiger partial charge in [0, 0.05) is 12.0 Å². The number of benzene rings is 1. The number of hydrogen-bond donors (Lipinski definition) is 1. The van der Waals surface area contributed by atoms with Gasteiger partial charge in [-0.15, -0.1) is 0 Å². The zero-order valence-corrected chi connectivity index (χ0v) is 6.13. The van der Waals surface area contributed by atoms with Crippen LogP contribution in [0.15, 0.2) is 24.3 Å². The Hall–Kier alpha value is -0.890. The summed E-state index contributed by atoms with van der Waals surface area (Å²) >= 11 is 0. The summed E-state index contributed by atoms with van der Waals surface area (Å²) in [6.07, 6.45) is 1.00. The summed E-state index contributed by atoms with van der Waals surface area (Å²) in [5, 5.41) is 0. The molecule has 1 aliphatic rings. The normalized spacial score (nSPS) is 28.5. The van der Waals surface area contributed by atoms with Gasteiger partial charge in [-0.05, 0) is 24.1 Å². The molecule has 0 heterocycles. The van der Waals surface area contributed by atoms with Crippen LogP contribution in [0, 0.1) is 5.82 Å². The van der Waals surface area contributed by atoms with E-state index in [1.54, 1.807) is 12.1 Å². The minimum atomic E-state index is -0.165. The third kappa shape index (κ3) is 1.26. The maximum Gasteiger partial charge on any atom is 0.123 e. The lowest BCUT2D eigenvalue weighted by Crippen LogP contribution is -2.00. The highest BCUT2D eigenvalue weighted by Gasteiger charge is 2.34. The Morgan fingerprint density at radius 2 is 2.18 bits per heavy atom. The van der Waals surface area contributed by atoms with Crippen molar-refractivity contribution in [3.05, 3.63) is 35.6 Å². The summed E-state index contributed by atoms with van der Waals surface area (Å²) in [6, 6.07) is 6.95. The third-order valence-electron chi connectivity index (χ3n) is 2.12. The van der Waals surface area contributed by atoms with E-state index in [1.807, 2.05) is 6.07 Å². The molecule has 1 fully saturated rings. The smallest absolute Gasteiger partial charge is 0.123 e. The van der Waals surface area contributed by atoms with E-state index in [9.17, 15) is 4.39 Å². The summed E-state index contributed by atoms with van der Waals surface area (Å²) in [5.41, 5.74) is 6.67. The van der Waals surface area contributed by atoms with Gasteiger partial charge < -0.3 is 5.73 Å². The van der Waals surface area contributed by atoms with Crippen molar-refractivity contribution in [1.29, 1.82) is 0 Å². The Balaban J connectivity index is 2.25. The molecule has 0 bridgehead atoms. The van der Waals surface area contributed by atoms with E-state index < -0.39 is 0 Å². The highest BCUT2D eigenvalue weighted by Crippen LogP contribution is 2.38. The zero-order chi connectivity index (χ0) is 7.84. The number of rotatable bonds is 1.